The van der Waals surface area contributed by atoms with Gasteiger partial charge in [-0.3, -0.25) is 0 Å². The lowest BCUT2D eigenvalue weighted by molar-refractivity contribution is 0.495. The second kappa shape index (κ2) is 8.71. The highest BCUT2D eigenvalue weighted by molar-refractivity contribution is 8.00. The van der Waals surface area contributed by atoms with Gasteiger partial charge >= 0.3 is 0 Å². The number of thioether (sulfide) groups is 1. The van der Waals surface area contributed by atoms with Gasteiger partial charge in [-0.05, 0) is 55.7 Å². The number of benzene rings is 2. The average molecular weight is 426 g/mol. The van der Waals surface area contributed by atoms with Crippen molar-refractivity contribution < 1.29 is 0 Å². The summed E-state index contributed by atoms with van der Waals surface area (Å²) < 4.78 is 2.09. The lowest BCUT2D eigenvalue weighted by Gasteiger charge is -2.30. The molecule has 0 fully saturated rings. The molecule has 2 nitrogen and oxygen atoms in total. The van der Waals surface area contributed by atoms with E-state index in [0.29, 0.717) is 10.0 Å². The molecule has 136 valence electrons. The van der Waals surface area contributed by atoms with Gasteiger partial charge in [0.25, 0.3) is 0 Å². The van der Waals surface area contributed by atoms with Crippen LogP contribution >= 0.6 is 46.6 Å². The summed E-state index contributed by atoms with van der Waals surface area (Å²) in [5.41, 5.74) is 1.28. The first-order valence-electron chi connectivity index (χ1n) is 8.28. The highest BCUT2D eigenvalue weighted by atomic mass is 35.5. The lowest BCUT2D eigenvalue weighted by Crippen LogP contribution is -2.27. The fourth-order valence-electron chi connectivity index (χ4n) is 2.81. The minimum atomic E-state index is -0.0303. The average Bonchev–Trinajstić information content (AvgIpc) is 3.10. The Bertz CT molecular complexity index is 850. The van der Waals surface area contributed by atoms with E-state index in [-0.39, 0.29) is 4.75 Å². The van der Waals surface area contributed by atoms with E-state index in [4.69, 9.17) is 34.8 Å². The molecular weight excluding hydrogens is 407 g/mol. The van der Waals surface area contributed by atoms with Gasteiger partial charge in [-0.25, -0.2) is 4.98 Å². The van der Waals surface area contributed by atoms with Crippen LogP contribution < -0.4 is 0 Å². The van der Waals surface area contributed by atoms with Crippen LogP contribution in [0.1, 0.15) is 18.9 Å². The van der Waals surface area contributed by atoms with Crippen LogP contribution in [-0.2, 0) is 13.0 Å². The van der Waals surface area contributed by atoms with Crippen molar-refractivity contribution in [3.63, 3.8) is 0 Å². The number of halogens is 3. The summed E-state index contributed by atoms with van der Waals surface area (Å²) >= 11 is 20.1. The zero-order valence-corrected chi connectivity index (χ0v) is 17.4. The fraction of sp³-hybridized carbons (Fsp3) is 0.250. The number of nitrogens with zero attached hydrogens (tertiary/aromatic N) is 2. The molecule has 0 bridgehead atoms. The van der Waals surface area contributed by atoms with Gasteiger partial charge in [0.2, 0.25) is 0 Å². The molecule has 2 aromatic carbocycles. The number of aromatic nitrogens is 2. The van der Waals surface area contributed by atoms with Crippen LogP contribution in [0, 0.1) is 0 Å². The maximum absolute atomic E-state index is 6.20. The molecule has 0 radical (unpaired) electrons. The van der Waals surface area contributed by atoms with Gasteiger partial charge < -0.3 is 4.57 Å². The second-order valence-electron chi connectivity index (χ2n) is 6.49. The summed E-state index contributed by atoms with van der Waals surface area (Å²) in [6, 6.07) is 13.9. The Kier molecular flexibility index (Phi) is 6.57. The highest BCUT2D eigenvalue weighted by Crippen LogP contribution is 2.40. The summed E-state index contributed by atoms with van der Waals surface area (Å²) in [7, 11) is 0. The van der Waals surface area contributed by atoms with Gasteiger partial charge in [0.05, 0.1) is 16.4 Å². The Morgan fingerprint density at radius 2 is 1.81 bits per heavy atom. The third-order valence-corrected chi connectivity index (χ3v) is 6.49. The topological polar surface area (TPSA) is 17.8 Å². The molecule has 3 rings (SSSR count). The van der Waals surface area contributed by atoms with Crippen LogP contribution in [0.15, 0.2) is 66.1 Å². The van der Waals surface area contributed by atoms with Crippen LogP contribution in [0.25, 0.3) is 0 Å². The summed E-state index contributed by atoms with van der Waals surface area (Å²) in [5.74, 6) is 0. The Labute approximate surface area is 173 Å². The van der Waals surface area contributed by atoms with Crippen LogP contribution in [0.5, 0.6) is 0 Å². The van der Waals surface area contributed by atoms with Crippen molar-refractivity contribution in [2.75, 3.05) is 0 Å². The van der Waals surface area contributed by atoms with Crippen molar-refractivity contribution in [3.8, 4) is 0 Å². The smallest absolute Gasteiger partial charge is 0.0946 e. The largest absolute Gasteiger partial charge is 0.336 e. The monoisotopic (exact) mass is 424 g/mol. The van der Waals surface area contributed by atoms with E-state index < -0.39 is 0 Å². The van der Waals surface area contributed by atoms with Crippen molar-refractivity contribution in [2.24, 2.45) is 0 Å². The first kappa shape index (κ1) is 19.6. The Morgan fingerprint density at radius 3 is 2.46 bits per heavy atom. The molecule has 0 amide bonds. The van der Waals surface area contributed by atoms with Gasteiger partial charge in [-0.2, -0.15) is 0 Å². The van der Waals surface area contributed by atoms with E-state index in [1.807, 2.05) is 60.8 Å². The number of hydrogen-bond donors (Lipinski definition) is 0. The molecule has 1 atom stereocenters. The lowest BCUT2D eigenvalue weighted by atomic mass is 10.00. The first-order chi connectivity index (χ1) is 12.4. The summed E-state index contributed by atoms with van der Waals surface area (Å²) in [4.78, 5) is 5.28. The molecule has 6 heteroatoms. The molecule has 1 unspecified atom stereocenters. The zero-order chi connectivity index (χ0) is 18.6. The van der Waals surface area contributed by atoms with Gasteiger partial charge in [-0.1, -0.05) is 46.9 Å². The fourth-order valence-corrected chi connectivity index (χ4v) is 4.60. The van der Waals surface area contributed by atoms with Gasteiger partial charge in [0.15, 0.2) is 0 Å². The Hall–Kier alpha value is -1.13. The molecule has 0 aliphatic heterocycles. The van der Waals surface area contributed by atoms with Crippen molar-refractivity contribution in [3.05, 3.63) is 81.8 Å². The molecule has 0 N–H and O–H groups in total. The van der Waals surface area contributed by atoms with Crippen molar-refractivity contribution in [1.29, 1.82) is 0 Å². The molecule has 0 saturated heterocycles. The van der Waals surface area contributed by atoms with Gasteiger partial charge in [0, 0.05) is 33.6 Å². The summed E-state index contributed by atoms with van der Waals surface area (Å²) in [6.45, 7) is 3.13. The second-order valence-corrected chi connectivity index (χ2v) is 9.40. The third kappa shape index (κ3) is 5.43. The van der Waals surface area contributed by atoms with Gasteiger partial charge in [0.1, 0.15) is 0 Å². The molecule has 26 heavy (non-hydrogen) atoms. The first-order valence-corrected chi connectivity index (χ1v) is 10.2. The minimum absolute atomic E-state index is 0.0303. The molecule has 0 aliphatic rings. The highest BCUT2D eigenvalue weighted by Gasteiger charge is 2.26. The molecule has 0 aliphatic carbocycles. The van der Waals surface area contributed by atoms with Crippen LogP contribution in [0.3, 0.4) is 0 Å². The summed E-state index contributed by atoms with van der Waals surface area (Å²) in [6.07, 6.45) is 7.63. The SMILES string of the molecule is CC(CCc1ccc(Cl)cc1)(Cn1ccnc1)Sc1ccc(Cl)c(Cl)c1. The minimum Gasteiger partial charge on any atom is -0.336 e. The van der Waals surface area contributed by atoms with Crippen molar-refractivity contribution >= 4 is 46.6 Å². The molecule has 3 aromatic rings. The van der Waals surface area contributed by atoms with Crippen LogP contribution in [0.2, 0.25) is 15.1 Å². The van der Waals surface area contributed by atoms with E-state index >= 15 is 0 Å². The predicted molar refractivity (Wildman–Crippen MR) is 113 cm³/mol. The molecule has 1 aromatic heterocycles. The maximum Gasteiger partial charge on any atom is 0.0946 e. The molecular formula is C20H19Cl3N2S. The normalized spacial score (nSPS) is 13.5. The number of rotatable bonds is 7. The van der Waals surface area contributed by atoms with Crippen LogP contribution in [-0.4, -0.2) is 14.3 Å². The molecule has 0 saturated carbocycles. The van der Waals surface area contributed by atoms with E-state index in [1.54, 1.807) is 0 Å². The van der Waals surface area contributed by atoms with Crippen molar-refractivity contribution in [2.45, 2.75) is 36.0 Å². The Morgan fingerprint density at radius 1 is 1.04 bits per heavy atom. The molecule has 1 heterocycles. The number of hydrogen-bond acceptors (Lipinski definition) is 2. The van der Waals surface area contributed by atoms with E-state index in [9.17, 15) is 0 Å². The number of aryl methyl sites for hydroxylation is 1. The van der Waals surface area contributed by atoms with E-state index in [0.717, 1.165) is 29.3 Å². The van der Waals surface area contributed by atoms with Crippen LogP contribution in [0.4, 0.5) is 0 Å². The predicted octanol–water partition coefficient (Wildman–Crippen LogP) is 7.03. The van der Waals surface area contributed by atoms with Gasteiger partial charge in [-0.15, -0.1) is 11.8 Å². The Balaban J connectivity index is 1.78. The number of imidazole rings is 1. The molecule has 0 spiro atoms. The standard InChI is InChI=1S/C20H19Cl3N2S/c1-20(13-25-11-10-24-14-25,9-8-15-2-4-16(21)5-3-15)26-17-6-7-18(22)19(23)12-17/h2-7,10-12,14H,8-9,13H2,1H3. The van der Waals surface area contributed by atoms with Crippen molar-refractivity contribution in [1.82, 2.24) is 9.55 Å². The zero-order valence-electron chi connectivity index (χ0n) is 14.3. The van der Waals surface area contributed by atoms with E-state index in [1.165, 1.54) is 5.56 Å². The maximum atomic E-state index is 6.20. The summed E-state index contributed by atoms with van der Waals surface area (Å²) in [5, 5.41) is 1.92. The third-order valence-electron chi connectivity index (χ3n) is 4.19. The quantitative estimate of drug-likeness (QED) is 0.378. The van der Waals surface area contributed by atoms with E-state index in [2.05, 4.69) is 28.6 Å².